The van der Waals surface area contributed by atoms with E-state index in [9.17, 15) is 0 Å². The number of aromatic nitrogens is 1. The van der Waals surface area contributed by atoms with Crippen LogP contribution in [-0.4, -0.2) is 24.8 Å². The third-order valence-corrected chi connectivity index (χ3v) is 1.97. The zero-order chi connectivity index (χ0) is 11.1. The molecular formula is C11H18N2O2. The molecule has 1 aromatic rings. The van der Waals surface area contributed by atoms with Gasteiger partial charge in [-0.25, -0.2) is 4.98 Å². The van der Waals surface area contributed by atoms with Gasteiger partial charge in [-0.1, -0.05) is 6.07 Å². The Balaban J connectivity index is 2.36. The summed E-state index contributed by atoms with van der Waals surface area (Å²) in [7, 11) is 0. The Morgan fingerprint density at radius 3 is 2.73 bits per heavy atom. The molecule has 0 bridgehead atoms. The molecule has 1 unspecified atom stereocenters. The van der Waals surface area contributed by atoms with Crippen molar-refractivity contribution in [2.75, 3.05) is 19.8 Å². The lowest BCUT2D eigenvalue weighted by molar-refractivity contribution is 0.108. The molecule has 2 N–H and O–H groups in total. The molecule has 1 atom stereocenters. The van der Waals surface area contributed by atoms with E-state index in [1.807, 2.05) is 26.0 Å². The number of hydrogen-bond donors (Lipinski definition) is 1. The molecule has 0 radical (unpaired) electrons. The highest BCUT2D eigenvalue weighted by Gasteiger charge is 2.00. The minimum Gasteiger partial charge on any atom is -0.475 e. The van der Waals surface area contributed by atoms with Gasteiger partial charge in [0.25, 0.3) is 0 Å². The number of ether oxygens (including phenoxy) is 2. The summed E-state index contributed by atoms with van der Waals surface area (Å²) in [6.07, 6.45) is 1.74. The Labute approximate surface area is 90.4 Å². The average molecular weight is 210 g/mol. The Hall–Kier alpha value is -1.13. The topological polar surface area (TPSA) is 57.4 Å². The van der Waals surface area contributed by atoms with E-state index in [0.29, 0.717) is 25.7 Å². The molecule has 0 aliphatic rings. The van der Waals surface area contributed by atoms with Crippen LogP contribution in [0.3, 0.4) is 0 Å². The second-order valence-corrected chi connectivity index (χ2v) is 3.26. The van der Waals surface area contributed by atoms with Crippen LogP contribution in [0.1, 0.15) is 25.5 Å². The molecule has 1 aromatic heterocycles. The van der Waals surface area contributed by atoms with Gasteiger partial charge in [-0.15, -0.1) is 0 Å². The van der Waals surface area contributed by atoms with Crippen LogP contribution in [0.4, 0.5) is 0 Å². The van der Waals surface area contributed by atoms with Crippen molar-refractivity contribution >= 4 is 0 Å². The minimum atomic E-state index is 0.00924. The summed E-state index contributed by atoms with van der Waals surface area (Å²) >= 11 is 0. The lowest BCUT2D eigenvalue weighted by Gasteiger charge is -2.07. The van der Waals surface area contributed by atoms with Crippen LogP contribution in [0, 0.1) is 0 Å². The van der Waals surface area contributed by atoms with Gasteiger partial charge < -0.3 is 15.2 Å². The lowest BCUT2D eigenvalue weighted by Crippen LogP contribution is -2.08. The maximum atomic E-state index is 5.70. The maximum absolute atomic E-state index is 5.70. The highest BCUT2D eigenvalue weighted by Crippen LogP contribution is 2.12. The molecular weight excluding hydrogens is 192 g/mol. The van der Waals surface area contributed by atoms with Crippen LogP contribution in [0.15, 0.2) is 18.3 Å². The molecule has 0 spiro atoms. The Bertz CT molecular complexity index is 272. The highest BCUT2D eigenvalue weighted by atomic mass is 16.5. The number of rotatable bonds is 6. The first-order valence-corrected chi connectivity index (χ1v) is 5.16. The molecule has 0 saturated heterocycles. The van der Waals surface area contributed by atoms with Gasteiger partial charge in [0.1, 0.15) is 6.61 Å². The molecule has 0 aromatic carbocycles. The quantitative estimate of drug-likeness (QED) is 0.723. The van der Waals surface area contributed by atoms with Gasteiger partial charge in [-0.3, -0.25) is 0 Å². The van der Waals surface area contributed by atoms with Crippen molar-refractivity contribution in [2.45, 2.75) is 19.9 Å². The highest BCUT2D eigenvalue weighted by molar-refractivity contribution is 5.19. The first-order valence-electron chi connectivity index (χ1n) is 5.16. The lowest BCUT2D eigenvalue weighted by atomic mass is 10.2. The van der Waals surface area contributed by atoms with E-state index in [1.54, 1.807) is 6.20 Å². The van der Waals surface area contributed by atoms with Crippen molar-refractivity contribution in [3.8, 4) is 5.88 Å². The van der Waals surface area contributed by atoms with Crippen molar-refractivity contribution < 1.29 is 9.47 Å². The van der Waals surface area contributed by atoms with E-state index in [0.717, 1.165) is 5.56 Å². The number of hydrogen-bond acceptors (Lipinski definition) is 4. The van der Waals surface area contributed by atoms with Crippen LogP contribution < -0.4 is 10.5 Å². The third kappa shape index (κ3) is 4.27. The zero-order valence-electron chi connectivity index (χ0n) is 9.27. The summed E-state index contributed by atoms with van der Waals surface area (Å²) in [5.74, 6) is 0.610. The first kappa shape index (κ1) is 11.9. The van der Waals surface area contributed by atoms with Crippen molar-refractivity contribution in [2.24, 2.45) is 5.73 Å². The molecule has 15 heavy (non-hydrogen) atoms. The predicted molar refractivity (Wildman–Crippen MR) is 58.8 cm³/mol. The Morgan fingerprint density at radius 2 is 2.20 bits per heavy atom. The van der Waals surface area contributed by atoms with Gasteiger partial charge in [0.15, 0.2) is 0 Å². The van der Waals surface area contributed by atoms with Crippen LogP contribution >= 0.6 is 0 Å². The largest absolute Gasteiger partial charge is 0.475 e. The van der Waals surface area contributed by atoms with E-state index >= 15 is 0 Å². The maximum Gasteiger partial charge on any atom is 0.213 e. The van der Waals surface area contributed by atoms with Gasteiger partial charge in [-0.2, -0.15) is 0 Å². The second-order valence-electron chi connectivity index (χ2n) is 3.26. The number of nitrogens with two attached hydrogens (primary N) is 1. The average Bonchev–Trinajstić information content (AvgIpc) is 2.25. The van der Waals surface area contributed by atoms with Gasteiger partial charge in [0, 0.05) is 24.9 Å². The second kappa shape index (κ2) is 6.37. The minimum absolute atomic E-state index is 0.00924. The van der Waals surface area contributed by atoms with Gasteiger partial charge >= 0.3 is 0 Å². The summed E-state index contributed by atoms with van der Waals surface area (Å²) < 4.78 is 10.5. The molecule has 1 rings (SSSR count). The SMILES string of the molecule is CCOCCOc1ccc(C(C)N)cn1. The molecule has 1 heterocycles. The summed E-state index contributed by atoms with van der Waals surface area (Å²) in [5.41, 5.74) is 6.71. The molecule has 4 nitrogen and oxygen atoms in total. The predicted octanol–water partition coefficient (Wildman–Crippen LogP) is 1.52. The molecule has 84 valence electrons. The monoisotopic (exact) mass is 210 g/mol. The van der Waals surface area contributed by atoms with Crippen LogP contribution in [-0.2, 0) is 4.74 Å². The van der Waals surface area contributed by atoms with Crippen LogP contribution in [0.5, 0.6) is 5.88 Å². The smallest absolute Gasteiger partial charge is 0.213 e. The van der Waals surface area contributed by atoms with Gasteiger partial charge in [0.05, 0.1) is 6.61 Å². The normalized spacial score (nSPS) is 12.5. The van der Waals surface area contributed by atoms with E-state index in [1.165, 1.54) is 0 Å². The standard InChI is InChI=1S/C11H18N2O2/c1-3-14-6-7-15-11-5-4-10(8-13-11)9(2)12/h4-5,8-9H,3,6-7,12H2,1-2H3. The first-order chi connectivity index (χ1) is 7.24. The molecule has 0 amide bonds. The molecule has 0 aliphatic heterocycles. The third-order valence-electron chi connectivity index (χ3n) is 1.97. The van der Waals surface area contributed by atoms with Crippen molar-refractivity contribution in [1.29, 1.82) is 0 Å². The van der Waals surface area contributed by atoms with Crippen molar-refractivity contribution in [3.63, 3.8) is 0 Å². The summed E-state index contributed by atoms with van der Waals surface area (Å²) in [5, 5.41) is 0. The van der Waals surface area contributed by atoms with Gasteiger partial charge in [-0.05, 0) is 19.4 Å². The fourth-order valence-corrected chi connectivity index (χ4v) is 1.10. The van der Waals surface area contributed by atoms with Crippen LogP contribution in [0.2, 0.25) is 0 Å². The van der Waals surface area contributed by atoms with Crippen molar-refractivity contribution in [3.05, 3.63) is 23.9 Å². The van der Waals surface area contributed by atoms with Crippen molar-refractivity contribution in [1.82, 2.24) is 4.98 Å². The zero-order valence-corrected chi connectivity index (χ0v) is 9.27. The number of nitrogens with zero attached hydrogens (tertiary/aromatic N) is 1. The summed E-state index contributed by atoms with van der Waals surface area (Å²) in [6, 6.07) is 3.76. The fraction of sp³-hybridized carbons (Fsp3) is 0.545. The Kier molecular flexibility index (Phi) is 5.07. The van der Waals surface area contributed by atoms with Crippen LogP contribution in [0.25, 0.3) is 0 Å². The molecule has 0 fully saturated rings. The summed E-state index contributed by atoms with van der Waals surface area (Å²) in [4.78, 5) is 4.14. The molecule has 0 aliphatic carbocycles. The fourth-order valence-electron chi connectivity index (χ4n) is 1.10. The van der Waals surface area contributed by atoms with Gasteiger partial charge in [0.2, 0.25) is 5.88 Å². The van der Waals surface area contributed by atoms with E-state index < -0.39 is 0 Å². The molecule has 0 saturated carbocycles. The Morgan fingerprint density at radius 1 is 1.40 bits per heavy atom. The van der Waals surface area contributed by atoms with E-state index in [2.05, 4.69) is 4.98 Å². The molecule has 4 heteroatoms. The number of pyridine rings is 1. The summed E-state index contributed by atoms with van der Waals surface area (Å²) in [6.45, 7) is 5.70. The van der Waals surface area contributed by atoms with E-state index in [-0.39, 0.29) is 6.04 Å². The van der Waals surface area contributed by atoms with E-state index in [4.69, 9.17) is 15.2 Å².